The zero-order valence-electron chi connectivity index (χ0n) is 8.86. The Morgan fingerprint density at radius 2 is 2.27 bits per heavy atom. The van der Waals surface area contributed by atoms with Crippen LogP contribution < -0.4 is 5.32 Å². The molecule has 5 heteroatoms. The Hall–Kier alpha value is -0.970. The second-order valence-electron chi connectivity index (χ2n) is 3.28. The fourth-order valence-electron chi connectivity index (χ4n) is 0.910. The quantitative estimate of drug-likeness (QED) is 0.356. The lowest BCUT2D eigenvalue weighted by atomic mass is 10.2. The molecule has 0 aromatic rings. The molecular formula is C10H17NO3S. The normalized spacial score (nSPS) is 11.8. The number of carbonyl (C=O) groups is 2. The number of aliphatic carboxylic acids is 1. The van der Waals surface area contributed by atoms with E-state index in [1.54, 1.807) is 11.8 Å². The summed E-state index contributed by atoms with van der Waals surface area (Å²) in [4.78, 5) is 20.7. The number of carboxylic acids is 1. The van der Waals surface area contributed by atoms with E-state index >= 15 is 0 Å². The lowest BCUT2D eigenvalue weighted by Gasteiger charge is -2.10. The Morgan fingerprint density at radius 3 is 2.73 bits per heavy atom. The van der Waals surface area contributed by atoms with E-state index in [2.05, 4.69) is 11.9 Å². The molecule has 0 aliphatic rings. The van der Waals surface area contributed by atoms with Crippen molar-refractivity contribution in [3.05, 3.63) is 12.2 Å². The van der Waals surface area contributed by atoms with E-state index in [-0.39, 0.29) is 0 Å². The van der Waals surface area contributed by atoms with Crippen LogP contribution in [-0.2, 0) is 9.59 Å². The summed E-state index contributed by atoms with van der Waals surface area (Å²) in [5, 5.41) is 11.0. The van der Waals surface area contributed by atoms with Crippen LogP contribution in [0.5, 0.6) is 0 Å². The third kappa shape index (κ3) is 8.05. The van der Waals surface area contributed by atoms with Gasteiger partial charge in [-0.1, -0.05) is 5.57 Å². The Morgan fingerprint density at radius 1 is 1.60 bits per heavy atom. The van der Waals surface area contributed by atoms with E-state index in [0.29, 0.717) is 12.8 Å². The highest BCUT2D eigenvalue weighted by atomic mass is 32.2. The van der Waals surface area contributed by atoms with Gasteiger partial charge in [0.15, 0.2) is 0 Å². The number of allylic oxidation sites excluding steroid dienone is 1. The van der Waals surface area contributed by atoms with Crippen molar-refractivity contribution in [1.29, 1.82) is 0 Å². The largest absolute Gasteiger partial charge is 0.480 e. The Labute approximate surface area is 94.1 Å². The lowest BCUT2D eigenvalue weighted by molar-refractivity contribution is -0.140. The molecule has 15 heavy (non-hydrogen) atoms. The van der Waals surface area contributed by atoms with Crippen molar-refractivity contribution in [2.75, 3.05) is 11.5 Å². The van der Waals surface area contributed by atoms with Crippen LogP contribution in [0.4, 0.5) is 0 Å². The Bertz CT molecular complexity index is 231. The van der Waals surface area contributed by atoms with Crippen molar-refractivity contribution in [3.8, 4) is 0 Å². The summed E-state index contributed by atoms with van der Waals surface area (Å²) in [6.45, 7) is 5.75. The summed E-state index contributed by atoms with van der Waals surface area (Å²) in [6, 6.07) is -0.764. The van der Waals surface area contributed by atoms with E-state index in [1.165, 1.54) is 0 Å². The van der Waals surface area contributed by atoms with E-state index in [1.807, 2.05) is 6.92 Å². The average Bonchev–Trinajstić information content (AvgIpc) is 2.15. The number of rotatable bonds is 9. The highest BCUT2D eigenvalue weighted by molar-refractivity contribution is 7.99. The molecule has 1 atom stereocenters. The van der Waals surface area contributed by atoms with Gasteiger partial charge in [0.1, 0.15) is 6.04 Å². The van der Waals surface area contributed by atoms with Gasteiger partial charge in [-0.3, -0.25) is 4.79 Å². The van der Waals surface area contributed by atoms with Gasteiger partial charge in [0.2, 0.25) is 6.41 Å². The molecule has 0 saturated carbocycles. The summed E-state index contributed by atoms with van der Waals surface area (Å²) < 4.78 is 0. The summed E-state index contributed by atoms with van der Waals surface area (Å²) in [7, 11) is 0. The van der Waals surface area contributed by atoms with Crippen molar-refractivity contribution in [3.63, 3.8) is 0 Å². The molecule has 0 aromatic heterocycles. The molecular weight excluding hydrogens is 214 g/mol. The molecule has 4 nitrogen and oxygen atoms in total. The summed E-state index contributed by atoms with van der Waals surface area (Å²) in [5.41, 5.74) is 1.13. The molecule has 1 amide bonds. The minimum Gasteiger partial charge on any atom is -0.480 e. The van der Waals surface area contributed by atoms with Gasteiger partial charge in [0, 0.05) is 0 Å². The zero-order valence-corrected chi connectivity index (χ0v) is 9.68. The van der Waals surface area contributed by atoms with Crippen LogP contribution in [-0.4, -0.2) is 35.0 Å². The minimum atomic E-state index is -0.984. The van der Waals surface area contributed by atoms with Crippen LogP contribution >= 0.6 is 11.8 Å². The smallest absolute Gasteiger partial charge is 0.326 e. The lowest BCUT2D eigenvalue weighted by Crippen LogP contribution is -2.36. The molecule has 0 aliphatic carbocycles. The molecule has 0 saturated heterocycles. The fourth-order valence-corrected chi connectivity index (χ4v) is 2.01. The molecule has 0 bridgehead atoms. The zero-order chi connectivity index (χ0) is 11.7. The molecule has 0 aliphatic heterocycles. The van der Waals surface area contributed by atoms with Crippen LogP contribution in [0.25, 0.3) is 0 Å². The fraction of sp³-hybridized carbons (Fsp3) is 0.600. The van der Waals surface area contributed by atoms with Crippen LogP contribution in [0.3, 0.4) is 0 Å². The number of nitrogens with one attached hydrogen (secondary N) is 1. The van der Waals surface area contributed by atoms with E-state index in [4.69, 9.17) is 5.11 Å². The van der Waals surface area contributed by atoms with Crippen LogP contribution in [0.15, 0.2) is 12.2 Å². The molecule has 1 unspecified atom stereocenters. The molecule has 0 spiro atoms. The SMILES string of the molecule is C=C(C)CCSCCC(NC=O)C(=O)O. The van der Waals surface area contributed by atoms with Crippen LogP contribution in [0.1, 0.15) is 19.8 Å². The van der Waals surface area contributed by atoms with Gasteiger partial charge < -0.3 is 10.4 Å². The average molecular weight is 231 g/mol. The number of hydrogen-bond acceptors (Lipinski definition) is 3. The van der Waals surface area contributed by atoms with Gasteiger partial charge in [-0.15, -0.1) is 6.58 Å². The maximum Gasteiger partial charge on any atom is 0.326 e. The predicted octanol–water partition coefficient (Wildman–Crippen LogP) is 1.28. The third-order valence-electron chi connectivity index (χ3n) is 1.79. The number of thioether (sulfide) groups is 1. The first-order valence-corrected chi connectivity index (χ1v) is 5.88. The van der Waals surface area contributed by atoms with Crippen LogP contribution in [0, 0.1) is 0 Å². The number of carboxylic acid groups (broad SMARTS) is 1. The topological polar surface area (TPSA) is 66.4 Å². The molecule has 0 aromatic carbocycles. The van der Waals surface area contributed by atoms with E-state index in [9.17, 15) is 9.59 Å². The van der Waals surface area contributed by atoms with Crippen molar-refractivity contribution >= 4 is 24.1 Å². The summed E-state index contributed by atoms with van der Waals surface area (Å²) >= 11 is 1.67. The molecule has 0 rings (SSSR count). The van der Waals surface area contributed by atoms with Gasteiger partial charge in [-0.2, -0.15) is 11.8 Å². The summed E-state index contributed by atoms with van der Waals surface area (Å²) in [6.07, 6.45) is 1.83. The maximum absolute atomic E-state index is 10.6. The Balaban J connectivity index is 3.57. The van der Waals surface area contributed by atoms with Gasteiger partial charge in [-0.05, 0) is 31.3 Å². The molecule has 86 valence electrons. The molecule has 0 fully saturated rings. The second kappa shape index (κ2) is 8.35. The predicted molar refractivity (Wildman–Crippen MR) is 62.0 cm³/mol. The molecule has 0 heterocycles. The van der Waals surface area contributed by atoms with Gasteiger partial charge in [0.25, 0.3) is 0 Å². The number of amides is 1. The monoisotopic (exact) mass is 231 g/mol. The maximum atomic E-state index is 10.6. The minimum absolute atomic E-state index is 0.428. The van der Waals surface area contributed by atoms with E-state index < -0.39 is 12.0 Å². The van der Waals surface area contributed by atoms with Crippen molar-refractivity contribution in [2.24, 2.45) is 0 Å². The standard InChI is InChI=1S/C10H17NO3S/c1-8(2)3-5-15-6-4-9(10(13)14)11-7-12/h7,9H,1,3-6H2,2H3,(H,11,12)(H,13,14). The van der Waals surface area contributed by atoms with Gasteiger partial charge in [-0.25, -0.2) is 4.79 Å². The summed E-state index contributed by atoms with van der Waals surface area (Å²) in [5.74, 6) is 0.691. The first kappa shape index (κ1) is 14.0. The van der Waals surface area contributed by atoms with Crippen molar-refractivity contribution in [1.82, 2.24) is 5.32 Å². The van der Waals surface area contributed by atoms with E-state index in [0.717, 1.165) is 23.5 Å². The van der Waals surface area contributed by atoms with Gasteiger partial charge >= 0.3 is 5.97 Å². The van der Waals surface area contributed by atoms with Crippen molar-refractivity contribution < 1.29 is 14.7 Å². The van der Waals surface area contributed by atoms with Gasteiger partial charge in [0.05, 0.1) is 0 Å². The molecule has 0 radical (unpaired) electrons. The number of hydrogen-bond donors (Lipinski definition) is 2. The molecule has 2 N–H and O–H groups in total. The first-order valence-electron chi connectivity index (χ1n) is 4.72. The highest BCUT2D eigenvalue weighted by Crippen LogP contribution is 2.09. The third-order valence-corrected chi connectivity index (χ3v) is 2.81. The second-order valence-corrected chi connectivity index (χ2v) is 4.51. The number of carbonyl (C=O) groups excluding carboxylic acids is 1. The van der Waals surface area contributed by atoms with Crippen LogP contribution in [0.2, 0.25) is 0 Å². The first-order chi connectivity index (χ1) is 7.07. The Kier molecular flexibility index (Phi) is 7.81. The highest BCUT2D eigenvalue weighted by Gasteiger charge is 2.14. The van der Waals surface area contributed by atoms with Crippen molar-refractivity contribution in [2.45, 2.75) is 25.8 Å².